The van der Waals surface area contributed by atoms with Gasteiger partial charge in [0.1, 0.15) is 29.7 Å². The number of anilines is 3. The van der Waals surface area contributed by atoms with Gasteiger partial charge in [0, 0.05) is 80.0 Å². The van der Waals surface area contributed by atoms with Crippen LogP contribution in [0.2, 0.25) is 0 Å². The topological polar surface area (TPSA) is 209 Å². The van der Waals surface area contributed by atoms with Gasteiger partial charge < -0.3 is 19.7 Å². The summed E-state index contributed by atoms with van der Waals surface area (Å²) in [5, 5.41) is 5.68. The van der Waals surface area contributed by atoms with Crippen molar-refractivity contribution in [1.29, 1.82) is 0 Å². The molecular formula is C49H52F2N10O7S. The van der Waals surface area contributed by atoms with E-state index in [9.17, 15) is 32.4 Å². The minimum atomic E-state index is -3.88. The van der Waals surface area contributed by atoms with Crippen molar-refractivity contribution in [3.8, 4) is 16.8 Å². The van der Waals surface area contributed by atoms with Gasteiger partial charge >= 0.3 is 0 Å². The first-order valence-corrected chi connectivity index (χ1v) is 24.9. The van der Waals surface area contributed by atoms with Gasteiger partial charge in [0.2, 0.25) is 27.7 Å². The van der Waals surface area contributed by atoms with E-state index in [2.05, 4.69) is 30.2 Å². The highest BCUT2D eigenvalue weighted by molar-refractivity contribution is 7.92. The van der Waals surface area contributed by atoms with E-state index in [1.165, 1.54) is 10.9 Å². The zero-order valence-electron chi connectivity index (χ0n) is 38.2. The van der Waals surface area contributed by atoms with Crippen LogP contribution in [0.15, 0.2) is 79.5 Å². The minimum absolute atomic E-state index is 0.0281. The van der Waals surface area contributed by atoms with Crippen LogP contribution in [-0.4, -0.2) is 111 Å². The first-order chi connectivity index (χ1) is 33.2. The van der Waals surface area contributed by atoms with E-state index in [4.69, 9.17) is 4.98 Å². The second kappa shape index (κ2) is 19.5. The number of pyridine rings is 1. The molecule has 0 saturated carbocycles. The summed E-state index contributed by atoms with van der Waals surface area (Å²) in [7, 11) is -1.94. The molecule has 6 heterocycles. The third-order valence-corrected chi connectivity index (χ3v) is 15.0. The Morgan fingerprint density at radius 3 is 2.45 bits per heavy atom. The Hall–Kier alpha value is -7.09. The molecule has 3 atom stereocenters. The van der Waals surface area contributed by atoms with Gasteiger partial charge in [-0.25, -0.2) is 32.2 Å². The Labute approximate surface area is 397 Å². The van der Waals surface area contributed by atoms with Crippen LogP contribution in [0.25, 0.3) is 27.8 Å². The third-order valence-electron chi connectivity index (χ3n) is 13.5. The second-order valence-electron chi connectivity index (χ2n) is 18.0. The molecule has 3 aliphatic heterocycles. The van der Waals surface area contributed by atoms with Gasteiger partial charge in [0.15, 0.2) is 5.82 Å². The van der Waals surface area contributed by atoms with Gasteiger partial charge in [-0.2, -0.15) is 0 Å². The molecule has 0 bridgehead atoms. The van der Waals surface area contributed by atoms with Crippen LogP contribution < -0.4 is 20.3 Å². The highest BCUT2D eigenvalue weighted by Crippen LogP contribution is 2.37. The number of carbonyl (C=O) groups excluding carboxylic acids is 5. The van der Waals surface area contributed by atoms with E-state index in [0.29, 0.717) is 91.7 Å². The Kier molecular flexibility index (Phi) is 13.3. The summed E-state index contributed by atoms with van der Waals surface area (Å²) in [5.41, 5.74) is 1.91. The Bertz CT molecular complexity index is 3000. The number of hydrogen-bond acceptors (Lipinski definition) is 12. The fourth-order valence-electron chi connectivity index (χ4n) is 9.96. The van der Waals surface area contributed by atoms with Crippen molar-refractivity contribution in [3.05, 3.63) is 102 Å². The molecule has 20 heteroatoms. The molecule has 9 rings (SSSR count). The lowest BCUT2D eigenvalue weighted by atomic mass is 9.93. The molecule has 5 aromatic rings. The first kappa shape index (κ1) is 47.0. The normalized spacial score (nSPS) is 20.8. The molecule has 2 fully saturated rings. The molecule has 0 spiro atoms. The van der Waals surface area contributed by atoms with Crippen LogP contribution >= 0.6 is 0 Å². The number of nitrogens with zero attached hydrogens (tertiary/aromatic N) is 7. The number of hydrogen-bond donors (Lipinski definition) is 3. The molecule has 3 aromatic heterocycles. The molecule has 4 aliphatic rings. The summed E-state index contributed by atoms with van der Waals surface area (Å²) in [6.07, 6.45) is 15.4. The minimum Gasteiger partial charge on any atom is -0.378 e. The maximum absolute atomic E-state index is 16.2. The van der Waals surface area contributed by atoms with Crippen LogP contribution in [-0.2, 0) is 24.4 Å². The Morgan fingerprint density at radius 2 is 1.70 bits per heavy atom. The summed E-state index contributed by atoms with van der Waals surface area (Å²) in [5.74, 6) is -3.90. The lowest BCUT2D eigenvalue weighted by molar-refractivity contribution is -0.137. The fourth-order valence-corrected chi connectivity index (χ4v) is 11.1. The van der Waals surface area contributed by atoms with Crippen LogP contribution in [0.5, 0.6) is 0 Å². The number of carbonyl (C=O) groups is 5. The second-order valence-corrected chi connectivity index (χ2v) is 19.8. The number of likely N-dealkylation sites (tertiary alicyclic amines) is 1. The monoisotopic (exact) mass is 962 g/mol. The van der Waals surface area contributed by atoms with Crippen molar-refractivity contribution in [2.24, 2.45) is 5.92 Å². The lowest BCUT2D eigenvalue weighted by Crippen LogP contribution is -2.54. The van der Waals surface area contributed by atoms with Gasteiger partial charge in [-0.1, -0.05) is 31.6 Å². The number of benzene rings is 2. The number of aromatic nitrogens is 4. The number of rotatable bonds is 12. The van der Waals surface area contributed by atoms with E-state index in [1.54, 1.807) is 55.8 Å². The van der Waals surface area contributed by atoms with Gasteiger partial charge in [0.05, 0.1) is 33.6 Å². The predicted molar refractivity (Wildman–Crippen MR) is 254 cm³/mol. The molecule has 1 aliphatic carbocycles. The Morgan fingerprint density at radius 1 is 0.913 bits per heavy atom. The van der Waals surface area contributed by atoms with E-state index >= 15 is 8.78 Å². The number of allylic oxidation sites excluding steroid dienone is 1. The zero-order chi connectivity index (χ0) is 48.6. The molecule has 0 radical (unpaired) electrons. The summed E-state index contributed by atoms with van der Waals surface area (Å²) < 4.78 is 60.5. The van der Waals surface area contributed by atoms with Crippen molar-refractivity contribution in [2.45, 2.75) is 89.3 Å². The molecule has 69 heavy (non-hydrogen) atoms. The summed E-state index contributed by atoms with van der Waals surface area (Å²) in [4.78, 5) is 83.8. The van der Waals surface area contributed by atoms with E-state index in [-0.39, 0.29) is 59.3 Å². The average Bonchev–Trinajstić information content (AvgIpc) is 3.87. The largest absolute Gasteiger partial charge is 0.378 e. The highest BCUT2D eigenvalue weighted by atomic mass is 32.2. The van der Waals surface area contributed by atoms with E-state index in [1.807, 2.05) is 24.1 Å². The van der Waals surface area contributed by atoms with Gasteiger partial charge in [0.25, 0.3) is 11.8 Å². The molecule has 5 amide bonds. The summed E-state index contributed by atoms with van der Waals surface area (Å²) >= 11 is 0. The SMILES string of the molecule is CCCS(=O)(=O)Nc1ccc(F)c(-n2cc(-c3cncnc3)c3nc(N(C)C4CCN(C(=O)C5CC/C=C\C(Nc6cccc7c6C(=O)N(C6CCC(=O)NC6=O)C7=O)CCC5)CC4)ccc32)c1F. The van der Waals surface area contributed by atoms with E-state index in [0.717, 1.165) is 23.5 Å². The number of nitrogens with one attached hydrogen (secondary N) is 3. The molecule has 3 N–H and O–H groups in total. The third kappa shape index (κ3) is 9.41. The summed E-state index contributed by atoms with van der Waals surface area (Å²) in [6, 6.07) is 9.37. The number of piperidine rings is 2. The van der Waals surface area contributed by atoms with E-state index < -0.39 is 57.0 Å². The molecule has 2 saturated heterocycles. The maximum atomic E-state index is 16.2. The number of sulfonamides is 1. The molecule has 360 valence electrons. The lowest BCUT2D eigenvalue weighted by Gasteiger charge is -2.38. The zero-order valence-corrected chi connectivity index (χ0v) is 39.0. The quantitative estimate of drug-likeness (QED) is 0.0923. The van der Waals surface area contributed by atoms with Gasteiger partial charge in [-0.05, 0) is 87.8 Å². The van der Waals surface area contributed by atoms with Crippen molar-refractivity contribution >= 4 is 67.8 Å². The van der Waals surface area contributed by atoms with Crippen molar-refractivity contribution in [1.82, 2.24) is 34.6 Å². The summed E-state index contributed by atoms with van der Waals surface area (Å²) in [6.45, 7) is 2.78. The number of fused-ring (bicyclic) bond motifs is 2. The highest BCUT2D eigenvalue weighted by Gasteiger charge is 2.46. The van der Waals surface area contributed by atoms with Gasteiger partial charge in [-0.3, -0.25) is 38.9 Å². The van der Waals surface area contributed by atoms with Crippen LogP contribution in [0.3, 0.4) is 0 Å². The smallest absolute Gasteiger partial charge is 0.264 e. The van der Waals surface area contributed by atoms with Crippen LogP contribution in [0.1, 0.15) is 91.8 Å². The number of amides is 5. The fraction of sp³-hybridized carbons (Fsp3) is 0.388. The maximum Gasteiger partial charge on any atom is 0.264 e. The predicted octanol–water partition coefficient (Wildman–Crippen LogP) is 6.36. The van der Waals surface area contributed by atoms with Crippen molar-refractivity contribution in [3.63, 3.8) is 0 Å². The number of imide groups is 2. The molecular weight excluding hydrogens is 911 g/mol. The average molecular weight is 963 g/mol. The molecule has 17 nitrogen and oxygen atoms in total. The van der Waals surface area contributed by atoms with Gasteiger partial charge in [-0.15, -0.1) is 0 Å². The standard InChI is InChI=1S/C49H52F2N10O7S/c1-3-24-69(67,68)57-37-15-14-35(50)45(43(37)51)60-27-34(30-25-52-28-53-26-30)44-38(60)16-18-40(55-44)58(2)32-20-22-59(23-21-32)47(64)29-8-4-5-10-31(11-6-9-29)54-36-13-7-12-33-42(36)49(66)61(48(33)65)39-17-19-41(62)56-46(39)63/h5,7,10,12-16,18,25-29,31-32,39,54,57H,3-4,6,8-9,11,17,19-24H2,1-2H3,(H,56,62,63)/b10-5-. The van der Waals surface area contributed by atoms with Crippen LogP contribution in [0.4, 0.5) is 26.0 Å². The van der Waals surface area contributed by atoms with Crippen molar-refractivity contribution < 1.29 is 41.2 Å². The van der Waals surface area contributed by atoms with Crippen LogP contribution in [0, 0.1) is 17.6 Å². The van der Waals surface area contributed by atoms with Crippen molar-refractivity contribution in [2.75, 3.05) is 40.8 Å². The first-order valence-electron chi connectivity index (χ1n) is 23.3. The molecule has 2 aromatic carbocycles. The Balaban J connectivity index is 0.849. The number of halogens is 2. The molecule has 3 unspecified atom stereocenters.